The average Bonchev–Trinajstić information content (AvgIpc) is 2.82. The molecule has 2 unspecified atom stereocenters. The first-order valence-electron chi connectivity index (χ1n) is 6.39. The number of phenols is 1. The van der Waals surface area contributed by atoms with Gasteiger partial charge in [0.05, 0.1) is 18.6 Å². The van der Waals surface area contributed by atoms with Crippen LogP contribution in [-0.4, -0.2) is 42.1 Å². The first-order valence-corrected chi connectivity index (χ1v) is 6.39. The molecule has 1 amide bonds. The average molecular weight is 278 g/mol. The molecule has 3 N–H and O–H groups in total. The minimum absolute atomic E-state index is 0.0145. The molecular weight excluding hydrogens is 260 g/mol. The summed E-state index contributed by atoms with van der Waals surface area (Å²) >= 11 is 0. The topological polar surface area (TPSA) is 92.9 Å². The van der Waals surface area contributed by atoms with Gasteiger partial charge in [-0.2, -0.15) is 0 Å². The number of amides is 1. The van der Waals surface area contributed by atoms with Gasteiger partial charge in [0.15, 0.2) is 0 Å². The van der Waals surface area contributed by atoms with E-state index in [0.717, 1.165) is 0 Å². The van der Waals surface area contributed by atoms with Crippen LogP contribution in [0.25, 0.3) is 0 Å². The molecule has 20 heavy (non-hydrogen) atoms. The van der Waals surface area contributed by atoms with Crippen LogP contribution in [0.1, 0.15) is 17.3 Å². The van der Waals surface area contributed by atoms with E-state index in [9.17, 15) is 14.7 Å². The molecule has 108 valence electrons. The number of benzene rings is 1. The highest BCUT2D eigenvalue weighted by atomic mass is 16.5. The molecule has 0 radical (unpaired) electrons. The van der Waals surface area contributed by atoms with Gasteiger partial charge < -0.3 is 20.5 Å². The van der Waals surface area contributed by atoms with Gasteiger partial charge >= 0.3 is 5.97 Å². The summed E-state index contributed by atoms with van der Waals surface area (Å²) in [6.45, 7) is 2.68. The smallest absolute Gasteiger partial charge is 0.310 e. The molecule has 0 bridgehead atoms. The van der Waals surface area contributed by atoms with Crippen molar-refractivity contribution in [2.24, 2.45) is 11.8 Å². The molecule has 1 heterocycles. The third-order valence-corrected chi connectivity index (χ3v) is 3.67. The number of nitrogens with zero attached hydrogens (tertiary/aromatic N) is 1. The standard InChI is InChI=1S/C14H18N2O4/c1-8-6-16(7-11(8)14(19)20-2)13(18)10-5-9(17)3-4-12(10)15/h3-5,8,11,17H,6-7,15H2,1-2H3. The Hall–Kier alpha value is -2.24. The number of aromatic hydroxyl groups is 1. The third-order valence-electron chi connectivity index (χ3n) is 3.67. The van der Waals surface area contributed by atoms with Gasteiger partial charge in [0.1, 0.15) is 5.75 Å². The molecule has 0 aliphatic carbocycles. The molecule has 1 aromatic rings. The number of carbonyl (C=O) groups is 2. The number of carbonyl (C=O) groups excluding carboxylic acids is 2. The summed E-state index contributed by atoms with van der Waals surface area (Å²) in [4.78, 5) is 25.6. The number of likely N-dealkylation sites (tertiary alicyclic amines) is 1. The first-order chi connectivity index (χ1) is 9.43. The molecule has 2 atom stereocenters. The van der Waals surface area contributed by atoms with Crippen LogP contribution < -0.4 is 5.73 Å². The predicted molar refractivity (Wildman–Crippen MR) is 73.1 cm³/mol. The second-order valence-corrected chi connectivity index (χ2v) is 5.09. The Labute approximate surface area is 117 Å². The predicted octanol–water partition coefficient (Wildman–Crippen LogP) is 0.856. The van der Waals surface area contributed by atoms with Gasteiger partial charge in [-0.15, -0.1) is 0 Å². The lowest BCUT2D eigenvalue weighted by molar-refractivity contribution is -0.146. The summed E-state index contributed by atoms with van der Waals surface area (Å²) in [5.74, 6) is -0.889. The lowest BCUT2D eigenvalue weighted by atomic mass is 9.99. The maximum atomic E-state index is 12.4. The quantitative estimate of drug-likeness (QED) is 0.475. The monoisotopic (exact) mass is 278 g/mol. The number of hydrogen-bond acceptors (Lipinski definition) is 5. The molecule has 1 saturated heterocycles. The van der Waals surface area contributed by atoms with Crippen molar-refractivity contribution in [1.29, 1.82) is 0 Å². The Morgan fingerprint density at radius 2 is 2.10 bits per heavy atom. The number of rotatable bonds is 2. The minimum Gasteiger partial charge on any atom is -0.508 e. The Morgan fingerprint density at radius 1 is 1.40 bits per heavy atom. The van der Waals surface area contributed by atoms with E-state index in [2.05, 4.69) is 0 Å². The van der Waals surface area contributed by atoms with Crippen LogP contribution in [0.5, 0.6) is 5.75 Å². The Balaban J connectivity index is 2.19. The molecule has 1 aromatic carbocycles. The van der Waals surface area contributed by atoms with Gasteiger partial charge in [-0.25, -0.2) is 0 Å². The highest BCUT2D eigenvalue weighted by molar-refractivity contribution is 6.00. The summed E-state index contributed by atoms with van der Waals surface area (Å²) in [5.41, 5.74) is 6.32. The summed E-state index contributed by atoms with van der Waals surface area (Å²) in [6, 6.07) is 4.25. The molecule has 1 aliphatic rings. The maximum Gasteiger partial charge on any atom is 0.310 e. The minimum atomic E-state index is -0.317. The number of nitrogen functional groups attached to an aromatic ring is 1. The number of ether oxygens (including phenoxy) is 1. The highest BCUT2D eigenvalue weighted by Gasteiger charge is 2.38. The van der Waals surface area contributed by atoms with Crippen LogP contribution in [0.2, 0.25) is 0 Å². The van der Waals surface area contributed by atoms with E-state index >= 15 is 0 Å². The number of esters is 1. The fourth-order valence-electron chi connectivity index (χ4n) is 2.49. The zero-order valence-corrected chi connectivity index (χ0v) is 11.5. The molecule has 2 rings (SSSR count). The van der Waals surface area contributed by atoms with Crippen LogP contribution in [0.4, 0.5) is 5.69 Å². The first kappa shape index (κ1) is 14.2. The van der Waals surface area contributed by atoms with E-state index in [1.54, 1.807) is 4.90 Å². The van der Waals surface area contributed by atoms with Gasteiger partial charge in [-0.3, -0.25) is 9.59 Å². The molecule has 1 fully saturated rings. The van der Waals surface area contributed by atoms with Crippen molar-refractivity contribution in [3.8, 4) is 5.75 Å². The summed E-state index contributed by atoms with van der Waals surface area (Å²) in [7, 11) is 1.34. The molecule has 1 aliphatic heterocycles. The van der Waals surface area contributed by atoms with Crippen molar-refractivity contribution in [1.82, 2.24) is 4.90 Å². The van der Waals surface area contributed by atoms with E-state index in [0.29, 0.717) is 18.8 Å². The van der Waals surface area contributed by atoms with Crippen LogP contribution in [-0.2, 0) is 9.53 Å². The Morgan fingerprint density at radius 3 is 2.75 bits per heavy atom. The normalized spacial score (nSPS) is 21.8. The number of phenolic OH excluding ortho intramolecular Hbond substituents is 1. The SMILES string of the molecule is COC(=O)C1CN(C(=O)c2cc(O)ccc2N)CC1C. The molecule has 6 nitrogen and oxygen atoms in total. The number of nitrogens with two attached hydrogens (primary N) is 1. The largest absolute Gasteiger partial charge is 0.508 e. The molecule has 6 heteroatoms. The van der Waals surface area contributed by atoms with E-state index in [4.69, 9.17) is 10.5 Å². The third kappa shape index (κ3) is 2.54. The van der Waals surface area contributed by atoms with E-state index in [-0.39, 0.29) is 35.0 Å². The van der Waals surface area contributed by atoms with Crippen molar-refractivity contribution in [3.63, 3.8) is 0 Å². The summed E-state index contributed by atoms with van der Waals surface area (Å²) < 4.78 is 4.74. The van der Waals surface area contributed by atoms with Crippen LogP contribution >= 0.6 is 0 Å². The Kier molecular flexibility index (Phi) is 3.83. The van der Waals surface area contributed by atoms with Crippen LogP contribution in [0.15, 0.2) is 18.2 Å². The van der Waals surface area contributed by atoms with Gasteiger partial charge in [0.25, 0.3) is 5.91 Å². The van der Waals surface area contributed by atoms with Crippen molar-refractivity contribution in [2.45, 2.75) is 6.92 Å². The second-order valence-electron chi connectivity index (χ2n) is 5.09. The summed E-state index contributed by atoms with van der Waals surface area (Å²) in [5, 5.41) is 9.46. The van der Waals surface area contributed by atoms with E-state index in [1.807, 2.05) is 6.92 Å². The van der Waals surface area contributed by atoms with Crippen molar-refractivity contribution >= 4 is 17.6 Å². The molecule has 0 saturated carbocycles. The molecule has 0 aromatic heterocycles. The summed E-state index contributed by atoms with van der Waals surface area (Å²) in [6.07, 6.45) is 0. The fraction of sp³-hybridized carbons (Fsp3) is 0.429. The number of anilines is 1. The van der Waals surface area contributed by atoms with Crippen LogP contribution in [0.3, 0.4) is 0 Å². The lowest BCUT2D eigenvalue weighted by Crippen LogP contribution is -2.30. The zero-order chi connectivity index (χ0) is 14.9. The van der Waals surface area contributed by atoms with E-state index < -0.39 is 0 Å². The lowest BCUT2D eigenvalue weighted by Gasteiger charge is -2.17. The van der Waals surface area contributed by atoms with Gasteiger partial charge in [-0.05, 0) is 24.1 Å². The van der Waals surface area contributed by atoms with Crippen LogP contribution in [0, 0.1) is 11.8 Å². The van der Waals surface area contributed by atoms with Crippen molar-refractivity contribution in [2.75, 3.05) is 25.9 Å². The second kappa shape index (κ2) is 5.40. The van der Waals surface area contributed by atoms with Crippen molar-refractivity contribution < 1.29 is 19.4 Å². The maximum absolute atomic E-state index is 12.4. The number of methoxy groups -OCH3 is 1. The zero-order valence-electron chi connectivity index (χ0n) is 11.5. The van der Waals surface area contributed by atoms with E-state index in [1.165, 1.54) is 25.3 Å². The fourth-order valence-corrected chi connectivity index (χ4v) is 2.49. The van der Waals surface area contributed by atoms with Gasteiger partial charge in [0.2, 0.25) is 0 Å². The highest BCUT2D eigenvalue weighted by Crippen LogP contribution is 2.27. The number of hydrogen-bond donors (Lipinski definition) is 2. The molecule has 0 spiro atoms. The van der Waals surface area contributed by atoms with Gasteiger partial charge in [-0.1, -0.05) is 6.92 Å². The van der Waals surface area contributed by atoms with Crippen molar-refractivity contribution in [3.05, 3.63) is 23.8 Å². The van der Waals surface area contributed by atoms with Gasteiger partial charge in [0, 0.05) is 18.8 Å². The Bertz CT molecular complexity index is 544. The molecular formula is C14H18N2O4.